The summed E-state index contributed by atoms with van der Waals surface area (Å²) in [5.74, 6) is -0.109. The third-order valence-corrected chi connectivity index (χ3v) is 4.30. The number of esters is 1. The number of fused-ring (bicyclic) bond motifs is 1. The largest absolute Gasteiger partial charge is 0.468 e. The van der Waals surface area contributed by atoms with Crippen LogP contribution in [0.4, 0.5) is 0 Å². The first-order chi connectivity index (χ1) is 9.17. The van der Waals surface area contributed by atoms with Gasteiger partial charge in [-0.25, -0.2) is 4.98 Å². The minimum atomic E-state index is -0.300. The summed E-state index contributed by atoms with van der Waals surface area (Å²) in [5, 5.41) is 10.0. The lowest BCUT2D eigenvalue weighted by Crippen LogP contribution is -2.11. The van der Waals surface area contributed by atoms with Crippen molar-refractivity contribution in [2.24, 2.45) is 0 Å². The Morgan fingerprint density at radius 1 is 1.42 bits per heavy atom. The Morgan fingerprint density at radius 2 is 2.11 bits per heavy atom. The number of aromatic nitrogens is 1. The molecule has 1 aliphatic rings. The summed E-state index contributed by atoms with van der Waals surface area (Å²) in [6.45, 7) is 1.98. The molecule has 0 saturated heterocycles. The fraction of sp³-hybridized carbons (Fsp3) is 0.500. The number of nitrogens with zero attached hydrogens (tertiary/aromatic N) is 2. The second-order valence-corrected chi connectivity index (χ2v) is 5.48. The highest BCUT2D eigenvalue weighted by molar-refractivity contribution is 7.99. The van der Waals surface area contributed by atoms with E-state index in [-0.39, 0.29) is 11.7 Å². The molecule has 1 aromatic rings. The highest BCUT2D eigenvalue weighted by atomic mass is 32.2. The van der Waals surface area contributed by atoms with Gasteiger partial charge in [-0.1, -0.05) is 11.8 Å². The Hall–Kier alpha value is -1.54. The quantitative estimate of drug-likeness (QED) is 0.626. The number of carbonyl (C=O) groups excluding carboxylic acids is 1. The molecule has 0 saturated carbocycles. The summed E-state index contributed by atoms with van der Waals surface area (Å²) < 4.78 is 4.62. The molecule has 0 amide bonds. The molecule has 0 aliphatic heterocycles. The lowest BCUT2D eigenvalue weighted by atomic mass is 9.88. The molecular weight excluding hydrogens is 260 g/mol. The smallest absolute Gasteiger partial charge is 0.316 e. The highest BCUT2D eigenvalue weighted by Gasteiger charge is 2.21. The van der Waals surface area contributed by atoms with Gasteiger partial charge < -0.3 is 4.74 Å². The summed E-state index contributed by atoms with van der Waals surface area (Å²) >= 11 is 1.28. The van der Waals surface area contributed by atoms with Crippen molar-refractivity contribution in [3.63, 3.8) is 0 Å². The average molecular weight is 276 g/mol. The fourth-order valence-electron chi connectivity index (χ4n) is 2.39. The van der Waals surface area contributed by atoms with Gasteiger partial charge in [0, 0.05) is 5.69 Å². The van der Waals surface area contributed by atoms with Crippen molar-refractivity contribution in [2.45, 2.75) is 37.6 Å². The maximum atomic E-state index is 11.2. The fourth-order valence-corrected chi connectivity index (χ4v) is 3.28. The number of thioether (sulfide) groups is 1. The first-order valence-corrected chi connectivity index (χ1v) is 7.28. The second-order valence-electron chi connectivity index (χ2n) is 4.52. The molecule has 0 radical (unpaired) electrons. The van der Waals surface area contributed by atoms with Crippen molar-refractivity contribution in [3.8, 4) is 6.07 Å². The molecule has 5 heteroatoms. The lowest BCUT2D eigenvalue weighted by Gasteiger charge is -2.20. The third-order valence-electron chi connectivity index (χ3n) is 3.36. The van der Waals surface area contributed by atoms with Gasteiger partial charge in [0.15, 0.2) is 0 Å². The summed E-state index contributed by atoms with van der Waals surface area (Å²) in [7, 11) is 1.36. The van der Waals surface area contributed by atoms with Crippen LogP contribution in [-0.4, -0.2) is 23.8 Å². The monoisotopic (exact) mass is 276 g/mol. The normalized spacial score (nSPS) is 13.5. The van der Waals surface area contributed by atoms with E-state index in [1.807, 2.05) is 6.92 Å². The first kappa shape index (κ1) is 13.9. The molecule has 0 fully saturated rings. The summed E-state index contributed by atoms with van der Waals surface area (Å²) in [4.78, 5) is 15.7. The van der Waals surface area contributed by atoms with E-state index in [2.05, 4.69) is 15.8 Å². The van der Waals surface area contributed by atoms with Crippen molar-refractivity contribution in [2.75, 3.05) is 12.9 Å². The van der Waals surface area contributed by atoms with Crippen LogP contribution in [0, 0.1) is 18.3 Å². The molecule has 1 aliphatic carbocycles. The summed E-state index contributed by atoms with van der Waals surface area (Å²) in [6.07, 6.45) is 4.22. The zero-order chi connectivity index (χ0) is 13.8. The summed E-state index contributed by atoms with van der Waals surface area (Å²) in [6, 6.07) is 2.26. The van der Waals surface area contributed by atoms with Gasteiger partial charge in [-0.3, -0.25) is 4.79 Å². The molecule has 0 bridgehead atoms. The van der Waals surface area contributed by atoms with Crippen LogP contribution < -0.4 is 0 Å². The predicted octanol–water partition coefficient (Wildman–Crippen LogP) is 2.41. The molecule has 0 aromatic carbocycles. The zero-order valence-corrected chi connectivity index (χ0v) is 12.0. The number of nitriles is 1. The van der Waals surface area contributed by atoms with Gasteiger partial charge in [-0.15, -0.1) is 0 Å². The van der Waals surface area contributed by atoms with Crippen molar-refractivity contribution in [3.05, 3.63) is 22.4 Å². The van der Waals surface area contributed by atoms with E-state index in [9.17, 15) is 10.1 Å². The first-order valence-electron chi connectivity index (χ1n) is 6.29. The van der Waals surface area contributed by atoms with Crippen LogP contribution in [0.15, 0.2) is 5.03 Å². The number of hydrogen-bond donors (Lipinski definition) is 0. The molecule has 19 heavy (non-hydrogen) atoms. The standard InChI is InChI=1S/C14H16N2O2S/c1-9-10-5-3-4-6-11(10)12(7-15)14(16-9)19-8-13(17)18-2/h3-6,8H2,1-2H3. The maximum Gasteiger partial charge on any atom is 0.316 e. The van der Waals surface area contributed by atoms with E-state index in [4.69, 9.17) is 0 Å². The van der Waals surface area contributed by atoms with E-state index in [1.165, 1.54) is 24.4 Å². The molecule has 0 atom stereocenters. The Labute approximate surface area is 117 Å². The van der Waals surface area contributed by atoms with E-state index >= 15 is 0 Å². The van der Waals surface area contributed by atoms with Crippen molar-refractivity contribution in [1.82, 2.24) is 4.98 Å². The molecule has 0 N–H and O–H groups in total. The van der Waals surface area contributed by atoms with Crippen molar-refractivity contribution in [1.29, 1.82) is 5.26 Å². The topological polar surface area (TPSA) is 63.0 Å². The minimum absolute atomic E-state index is 0.191. The number of pyridine rings is 1. The molecular formula is C14H16N2O2S. The molecule has 1 heterocycles. The van der Waals surface area contributed by atoms with Gasteiger partial charge in [-0.05, 0) is 43.7 Å². The number of ether oxygens (including phenoxy) is 1. The van der Waals surface area contributed by atoms with Crippen molar-refractivity contribution >= 4 is 17.7 Å². The van der Waals surface area contributed by atoms with Crippen LogP contribution in [-0.2, 0) is 22.4 Å². The molecule has 0 spiro atoms. The van der Waals surface area contributed by atoms with Gasteiger partial charge in [0.1, 0.15) is 11.1 Å². The van der Waals surface area contributed by atoms with Gasteiger partial charge in [0.05, 0.1) is 18.4 Å². The molecule has 1 aromatic heterocycles. The number of methoxy groups -OCH3 is 1. The van der Waals surface area contributed by atoms with Gasteiger partial charge in [0.2, 0.25) is 0 Å². The molecule has 0 unspecified atom stereocenters. The number of hydrogen-bond acceptors (Lipinski definition) is 5. The maximum absolute atomic E-state index is 11.2. The number of rotatable bonds is 3. The third kappa shape index (κ3) is 2.90. The van der Waals surface area contributed by atoms with E-state index in [0.717, 1.165) is 36.9 Å². The van der Waals surface area contributed by atoms with Crippen molar-refractivity contribution < 1.29 is 9.53 Å². The van der Waals surface area contributed by atoms with Crippen LogP contribution >= 0.6 is 11.8 Å². The van der Waals surface area contributed by atoms with E-state index in [1.54, 1.807) is 0 Å². The second kappa shape index (κ2) is 6.07. The van der Waals surface area contributed by atoms with Gasteiger partial charge in [0.25, 0.3) is 0 Å². The van der Waals surface area contributed by atoms with Crippen LogP contribution in [0.2, 0.25) is 0 Å². The molecule has 4 nitrogen and oxygen atoms in total. The molecule has 100 valence electrons. The Kier molecular flexibility index (Phi) is 4.43. The Morgan fingerprint density at radius 3 is 2.74 bits per heavy atom. The number of aryl methyl sites for hydroxylation is 1. The van der Waals surface area contributed by atoms with Crippen LogP contribution in [0.5, 0.6) is 0 Å². The van der Waals surface area contributed by atoms with Gasteiger partial charge >= 0.3 is 5.97 Å². The average Bonchev–Trinajstić information content (AvgIpc) is 2.45. The number of carbonyl (C=O) groups is 1. The minimum Gasteiger partial charge on any atom is -0.468 e. The van der Waals surface area contributed by atoms with Crippen LogP contribution in [0.1, 0.15) is 35.2 Å². The highest BCUT2D eigenvalue weighted by Crippen LogP contribution is 2.31. The SMILES string of the molecule is COC(=O)CSc1nc(C)c2c(c1C#N)CCCC2. The van der Waals surface area contributed by atoms with E-state index in [0.29, 0.717) is 10.6 Å². The van der Waals surface area contributed by atoms with E-state index < -0.39 is 0 Å². The predicted molar refractivity (Wildman–Crippen MR) is 73.1 cm³/mol. The van der Waals surface area contributed by atoms with Crippen LogP contribution in [0.3, 0.4) is 0 Å². The molecule has 2 rings (SSSR count). The van der Waals surface area contributed by atoms with Crippen LogP contribution in [0.25, 0.3) is 0 Å². The zero-order valence-electron chi connectivity index (χ0n) is 11.2. The van der Waals surface area contributed by atoms with Gasteiger partial charge in [-0.2, -0.15) is 5.26 Å². The Balaban J connectivity index is 2.36. The summed E-state index contributed by atoms with van der Waals surface area (Å²) in [5.41, 5.74) is 3.99. The lowest BCUT2D eigenvalue weighted by molar-refractivity contribution is -0.137. The Bertz CT molecular complexity index is 549.